The third-order valence-corrected chi connectivity index (χ3v) is 5.57. The molecule has 4 N–H and O–H groups in total. The lowest BCUT2D eigenvalue weighted by atomic mass is 10.0. The molecule has 4 rings (SSSR count). The van der Waals surface area contributed by atoms with Gasteiger partial charge in [-0.1, -0.05) is 30.4 Å². The van der Waals surface area contributed by atoms with Crippen LogP contribution >= 0.6 is 0 Å². The number of nitrogens with zero attached hydrogens (tertiary/aromatic N) is 1. The van der Waals surface area contributed by atoms with Crippen molar-refractivity contribution in [2.75, 3.05) is 6.54 Å². The summed E-state index contributed by atoms with van der Waals surface area (Å²) in [6.07, 6.45) is 5.77. The smallest absolute Gasteiger partial charge is 0.255 e. The van der Waals surface area contributed by atoms with E-state index < -0.39 is 6.04 Å². The number of hydrogen-bond donors (Lipinski definition) is 3. The first kappa shape index (κ1) is 17.9. The molecule has 7 heteroatoms. The summed E-state index contributed by atoms with van der Waals surface area (Å²) in [5.41, 5.74) is 8.46. The molecular formula is C20H24N4O3. The summed E-state index contributed by atoms with van der Waals surface area (Å²) in [5.74, 6) is -0.352. The van der Waals surface area contributed by atoms with Gasteiger partial charge in [-0.3, -0.25) is 19.7 Å². The van der Waals surface area contributed by atoms with E-state index in [1.54, 1.807) is 4.90 Å². The Hall–Kier alpha value is -2.51. The monoisotopic (exact) mass is 368 g/mol. The number of rotatable bonds is 5. The molecule has 1 aliphatic carbocycles. The minimum atomic E-state index is -0.575. The summed E-state index contributed by atoms with van der Waals surface area (Å²) in [5, 5.41) is 5.76. The summed E-state index contributed by atoms with van der Waals surface area (Å²) >= 11 is 0. The average molecular weight is 368 g/mol. The zero-order chi connectivity index (χ0) is 19.0. The lowest BCUT2D eigenvalue weighted by Gasteiger charge is -2.29. The first-order chi connectivity index (χ1) is 13.0. The van der Waals surface area contributed by atoms with Gasteiger partial charge in [-0.15, -0.1) is 0 Å². The summed E-state index contributed by atoms with van der Waals surface area (Å²) in [4.78, 5) is 38.1. The molecule has 27 heavy (non-hydrogen) atoms. The topological polar surface area (TPSA) is 105 Å². The first-order valence-electron chi connectivity index (χ1n) is 9.43. The number of imide groups is 1. The molecule has 0 spiro atoms. The number of carbonyl (C=O) groups excluding carboxylic acids is 3. The van der Waals surface area contributed by atoms with Gasteiger partial charge in [-0.05, 0) is 29.9 Å². The fourth-order valence-corrected chi connectivity index (χ4v) is 4.19. The van der Waals surface area contributed by atoms with Crippen LogP contribution in [0.4, 0.5) is 0 Å². The molecule has 1 fully saturated rings. The lowest BCUT2D eigenvalue weighted by molar-refractivity contribution is -0.136. The zero-order valence-corrected chi connectivity index (χ0v) is 15.1. The van der Waals surface area contributed by atoms with Crippen LogP contribution in [0.2, 0.25) is 0 Å². The average Bonchev–Trinajstić information content (AvgIpc) is 3.19. The molecule has 3 atom stereocenters. The summed E-state index contributed by atoms with van der Waals surface area (Å²) in [6, 6.07) is 5.40. The number of nitrogens with one attached hydrogen (secondary N) is 2. The minimum Gasteiger partial charge on any atom is -0.324 e. The molecule has 3 aliphatic rings. The van der Waals surface area contributed by atoms with E-state index in [1.807, 2.05) is 24.3 Å². The van der Waals surface area contributed by atoms with Crippen molar-refractivity contribution >= 4 is 17.7 Å². The molecule has 0 bridgehead atoms. The second-order valence-corrected chi connectivity index (χ2v) is 7.53. The number of nitrogens with two attached hydrogens (primary N) is 1. The van der Waals surface area contributed by atoms with E-state index in [2.05, 4.69) is 16.7 Å². The third-order valence-electron chi connectivity index (χ3n) is 5.57. The van der Waals surface area contributed by atoms with Crippen molar-refractivity contribution in [1.29, 1.82) is 0 Å². The van der Waals surface area contributed by atoms with Crippen LogP contribution in [0, 0.1) is 5.92 Å². The highest BCUT2D eigenvalue weighted by atomic mass is 16.2. The van der Waals surface area contributed by atoms with Crippen LogP contribution in [0.1, 0.15) is 40.7 Å². The second-order valence-electron chi connectivity index (χ2n) is 7.53. The maximum Gasteiger partial charge on any atom is 0.255 e. The Kier molecular flexibility index (Phi) is 4.80. The van der Waals surface area contributed by atoms with Gasteiger partial charge in [0.15, 0.2) is 0 Å². The number of carbonyl (C=O) groups is 3. The molecule has 1 aromatic carbocycles. The van der Waals surface area contributed by atoms with Crippen LogP contribution in [0.15, 0.2) is 30.4 Å². The predicted molar refractivity (Wildman–Crippen MR) is 99.4 cm³/mol. The van der Waals surface area contributed by atoms with Crippen molar-refractivity contribution < 1.29 is 14.4 Å². The van der Waals surface area contributed by atoms with Crippen LogP contribution < -0.4 is 16.4 Å². The summed E-state index contributed by atoms with van der Waals surface area (Å²) in [7, 11) is 0. The summed E-state index contributed by atoms with van der Waals surface area (Å²) in [6.45, 7) is 1.82. The SMILES string of the molecule is N[C@@H]1C=C[C@H](CNCc2cccc3c2C(=O)N(C2CCC(=O)NC2=O)C3)C1. The van der Waals surface area contributed by atoms with Gasteiger partial charge < -0.3 is 16.0 Å². The van der Waals surface area contributed by atoms with Crippen LogP contribution in [0.5, 0.6) is 0 Å². The normalized spacial score (nSPS) is 27.2. The minimum absolute atomic E-state index is 0.125. The molecule has 2 aliphatic heterocycles. The van der Waals surface area contributed by atoms with Gasteiger partial charge >= 0.3 is 0 Å². The van der Waals surface area contributed by atoms with E-state index >= 15 is 0 Å². The molecule has 1 saturated heterocycles. The van der Waals surface area contributed by atoms with Crippen molar-refractivity contribution in [1.82, 2.24) is 15.5 Å². The lowest BCUT2D eigenvalue weighted by Crippen LogP contribution is -2.52. The first-order valence-corrected chi connectivity index (χ1v) is 9.43. The largest absolute Gasteiger partial charge is 0.324 e. The second kappa shape index (κ2) is 7.25. The van der Waals surface area contributed by atoms with Gasteiger partial charge in [0.25, 0.3) is 5.91 Å². The van der Waals surface area contributed by atoms with Crippen molar-refractivity contribution in [3.63, 3.8) is 0 Å². The maximum absolute atomic E-state index is 13.0. The zero-order valence-electron chi connectivity index (χ0n) is 15.1. The van der Waals surface area contributed by atoms with Crippen LogP contribution in [-0.4, -0.2) is 41.2 Å². The van der Waals surface area contributed by atoms with E-state index in [-0.39, 0.29) is 30.2 Å². The van der Waals surface area contributed by atoms with Crippen molar-refractivity contribution in [3.8, 4) is 0 Å². The van der Waals surface area contributed by atoms with Gasteiger partial charge in [0.1, 0.15) is 6.04 Å². The summed E-state index contributed by atoms with van der Waals surface area (Å²) < 4.78 is 0. The van der Waals surface area contributed by atoms with Crippen molar-refractivity contribution in [2.24, 2.45) is 11.7 Å². The van der Waals surface area contributed by atoms with Crippen LogP contribution in [-0.2, 0) is 22.7 Å². The molecule has 1 aromatic rings. The molecular weight excluding hydrogens is 344 g/mol. The van der Waals surface area contributed by atoms with E-state index in [0.717, 1.165) is 24.1 Å². The molecule has 3 amide bonds. The highest BCUT2D eigenvalue weighted by Crippen LogP contribution is 2.29. The van der Waals surface area contributed by atoms with Crippen molar-refractivity contribution in [2.45, 2.75) is 44.4 Å². The Morgan fingerprint density at radius 2 is 2.07 bits per heavy atom. The van der Waals surface area contributed by atoms with Gasteiger partial charge in [0, 0.05) is 37.7 Å². The molecule has 142 valence electrons. The van der Waals surface area contributed by atoms with Crippen molar-refractivity contribution in [3.05, 3.63) is 47.0 Å². The Bertz CT molecular complexity index is 819. The highest BCUT2D eigenvalue weighted by Gasteiger charge is 2.39. The van der Waals surface area contributed by atoms with Gasteiger partial charge in [0.2, 0.25) is 11.8 Å². The highest BCUT2D eigenvalue weighted by molar-refractivity contribution is 6.05. The van der Waals surface area contributed by atoms with Crippen LogP contribution in [0.25, 0.3) is 0 Å². The standard InChI is InChI=1S/C20H24N4O3/c21-15-5-4-12(8-15)9-22-10-13-2-1-3-14-11-24(20(27)18(13)14)16-6-7-17(25)23-19(16)26/h1-5,12,15-16,22H,6-11,21H2,(H,23,25,26)/t12-,15+,16?/m0/s1. The van der Waals surface area contributed by atoms with Gasteiger partial charge in [0.05, 0.1) is 0 Å². The molecule has 1 unspecified atom stereocenters. The molecule has 7 nitrogen and oxygen atoms in total. The van der Waals surface area contributed by atoms with Crippen LogP contribution in [0.3, 0.4) is 0 Å². The number of fused-ring (bicyclic) bond motifs is 1. The van der Waals surface area contributed by atoms with E-state index in [4.69, 9.17) is 5.73 Å². The predicted octanol–water partition coefficient (Wildman–Crippen LogP) is 0.441. The number of piperidine rings is 1. The molecule has 2 heterocycles. The number of benzene rings is 1. The number of amides is 3. The quantitative estimate of drug-likeness (QED) is 0.517. The molecule has 0 saturated carbocycles. The van der Waals surface area contributed by atoms with Gasteiger partial charge in [-0.2, -0.15) is 0 Å². The maximum atomic E-state index is 13.0. The molecule has 0 aromatic heterocycles. The third kappa shape index (κ3) is 3.52. The Morgan fingerprint density at radius 3 is 2.81 bits per heavy atom. The van der Waals surface area contributed by atoms with E-state index in [9.17, 15) is 14.4 Å². The van der Waals surface area contributed by atoms with E-state index in [1.165, 1.54) is 0 Å². The molecule has 0 radical (unpaired) electrons. The fraction of sp³-hybridized carbons (Fsp3) is 0.450. The Morgan fingerprint density at radius 1 is 1.22 bits per heavy atom. The fourth-order valence-electron chi connectivity index (χ4n) is 4.19. The Labute approximate surface area is 158 Å². The number of hydrogen-bond acceptors (Lipinski definition) is 5. The van der Waals surface area contributed by atoms with E-state index in [0.29, 0.717) is 31.0 Å². The van der Waals surface area contributed by atoms with Gasteiger partial charge in [-0.25, -0.2) is 0 Å². The Balaban J connectivity index is 1.44.